The molecule has 3 heteroatoms. The minimum Gasteiger partial charge on any atom is -0.314 e. The maximum Gasteiger partial charge on any atom is 0.0621 e. The van der Waals surface area contributed by atoms with Gasteiger partial charge in [0.1, 0.15) is 0 Å². The van der Waals surface area contributed by atoms with Crippen molar-refractivity contribution in [3.8, 4) is 0 Å². The van der Waals surface area contributed by atoms with Crippen LogP contribution in [0.3, 0.4) is 0 Å². The molecule has 1 N–H and O–H groups in total. The van der Waals surface area contributed by atoms with Crippen LogP contribution in [-0.4, -0.2) is 17.6 Å². The first-order valence-corrected chi connectivity index (χ1v) is 6.84. The summed E-state index contributed by atoms with van der Waals surface area (Å²) < 4.78 is 0. The standard InChI is InChI=1S/C14H23ClN2/c1-4-8-17-14(11(2)3)6-5-12-7-9-16-10-13(12)15/h7,9-11,14,17H,4-6,8H2,1-3H3. The minimum atomic E-state index is 0.569. The monoisotopic (exact) mass is 254 g/mol. The normalized spacial score (nSPS) is 13.0. The second-order valence-electron chi connectivity index (χ2n) is 4.81. The molecule has 0 aliphatic carbocycles. The van der Waals surface area contributed by atoms with Gasteiger partial charge in [0.15, 0.2) is 0 Å². The van der Waals surface area contributed by atoms with E-state index in [0.29, 0.717) is 12.0 Å². The molecular weight excluding hydrogens is 232 g/mol. The molecule has 0 bridgehead atoms. The molecule has 0 aliphatic heterocycles. The lowest BCUT2D eigenvalue weighted by Crippen LogP contribution is -2.34. The first kappa shape index (κ1) is 14.5. The van der Waals surface area contributed by atoms with Crippen LogP contribution in [0.4, 0.5) is 0 Å². The second-order valence-corrected chi connectivity index (χ2v) is 5.22. The van der Waals surface area contributed by atoms with Crippen LogP contribution in [0.5, 0.6) is 0 Å². The largest absolute Gasteiger partial charge is 0.314 e. The highest BCUT2D eigenvalue weighted by molar-refractivity contribution is 6.31. The Labute approximate surface area is 110 Å². The zero-order chi connectivity index (χ0) is 12.7. The number of aryl methyl sites for hydroxylation is 1. The summed E-state index contributed by atoms with van der Waals surface area (Å²) >= 11 is 6.11. The molecule has 0 amide bonds. The predicted molar refractivity (Wildman–Crippen MR) is 74.5 cm³/mol. The van der Waals surface area contributed by atoms with Crippen LogP contribution in [0.1, 0.15) is 39.2 Å². The number of nitrogens with zero attached hydrogens (tertiary/aromatic N) is 1. The molecule has 0 radical (unpaired) electrons. The average Bonchev–Trinajstić information content (AvgIpc) is 2.31. The molecule has 0 saturated heterocycles. The van der Waals surface area contributed by atoms with Crippen molar-refractivity contribution in [2.24, 2.45) is 5.92 Å². The predicted octanol–water partition coefficient (Wildman–Crippen LogP) is 3.69. The lowest BCUT2D eigenvalue weighted by Gasteiger charge is -2.22. The lowest BCUT2D eigenvalue weighted by molar-refractivity contribution is 0.378. The zero-order valence-corrected chi connectivity index (χ0v) is 11.8. The third kappa shape index (κ3) is 5.05. The van der Waals surface area contributed by atoms with E-state index in [0.717, 1.165) is 24.4 Å². The lowest BCUT2D eigenvalue weighted by atomic mass is 9.97. The highest BCUT2D eigenvalue weighted by Crippen LogP contribution is 2.17. The maximum atomic E-state index is 6.11. The first-order chi connectivity index (χ1) is 8.15. The Balaban J connectivity index is 2.49. The average molecular weight is 255 g/mol. The molecule has 0 aliphatic rings. The second kappa shape index (κ2) is 7.67. The molecule has 1 aromatic heterocycles. The third-order valence-corrected chi connectivity index (χ3v) is 3.38. The Bertz CT molecular complexity index is 326. The van der Waals surface area contributed by atoms with Gasteiger partial charge in [0.25, 0.3) is 0 Å². The van der Waals surface area contributed by atoms with Crippen molar-refractivity contribution in [2.45, 2.75) is 46.1 Å². The van der Waals surface area contributed by atoms with Crippen molar-refractivity contribution < 1.29 is 0 Å². The van der Waals surface area contributed by atoms with Gasteiger partial charge in [0.2, 0.25) is 0 Å². The number of halogens is 1. The van der Waals surface area contributed by atoms with E-state index >= 15 is 0 Å². The van der Waals surface area contributed by atoms with Gasteiger partial charge >= 0.3 is 0 Å². The Kier molecular flexibility index (Phi) is 6.53. The van der Waals surface area contributed by atoms with Crippen molar-refractivity contribution in [1.29, 1.82) is 0 Å². The molecule has 0 aromatic carbocycles. The van der Waals surface area contributed by atoms with E-state index in [1.807, 2.05) is 12.3 Å². The number of rotatable bonds is 7. The number of hydrogen-bond donors (Lipinski definition) is 1. The minimum absolute atomic E-state index is 0.569. The summed E-state index contributed by atoms with van der Waals surface area (Å²) in [5, 5.41) is 4.38. The first-order valence-electron chi connectivity index (χ1n) is 6.47. The van der Waals surface area contributed by atoms with Gasteiger partial charge < -0.3 is 5.32 Å². The van der Waals surface area contributed by atoms with Crippen LogP contribution in [0.25, 0.3) is 0 Å². The van der Waals surface area contributed by atoms with Crippen LogP contribution in [-0.2, 0) is 6.42 Å². The highest BCUT2D eigenvalue weighted by Gasteiger charge is 2.12. The molecule has 1 unspecified atom stereocenters. The molecule has 1 aromatic rings. The van der Waals surface area contributed by atoms with Crippen LogP contribution >= 0.6 is 11.6 Å². The molecule has 0 fully saturated rings. The van der Waals surface area contributed by atoms with Crippen molar-refractivity contribution >= 4 is 11.6 Å². The van der Waals surface area contributed by atoms with Crippen LogP contribution in [0.2, 0.25) is 5.02 Å². The Morgan fingerprint density at radius 1 is 1.41 bits per heavy atom. The number of nitrogens with one attached hydrogen (secondary N) is 1. The summed E-state index contributed by atoms with van der Waals surface area (Å²) in [5.41, 5.74) is 1.20. The maximum absolute atomic E-state index is 6.11. The SMILES string of the molecule is CCCNC(CCc1ccncc1Cl)C(C)C. The smallest absolute Gasteiger partial charge is 0.0621 e. The molecule has 0 spiro atoms. The van der Waals surface area contributed by atoms with E-state index in [2.05, 4.69) is 31.1 Å². The summed E-state index contributed by atoms with van der Waals surface area (Å²) in [4.78, 5) is 4.01. The fourth-order valence-corrected chi connectivity index (χ4v) is 2.13. The van der Waals surface area contributed by atoms with Crippen LogP contribution < -0.4 is 5.32 Å². The van der Waals surface area contributed by atoms with Crippen molar-refractivity contribution in [1.82, 2.24) is 10.3 Å². The molecule has 2 nitrogen and oxygen atoms in total. The van der Waals surface area contributed by atoms with E-state index in [1.165, 1.54) is 12.0 Å². The summed E-state index contributed by atoms with van der Waals surface area (Å²) in [7, 11) is 0. The Hall–Kier alpha value is -0.600. The summed E-state index contributed by atoms with van der Waals surface area (Å²) in [6.07, 6.45) is 6.85. The zero-order valence-electron chi connectivity index (χ0n) is 11.0. The van der Waals surface area contributed by atoms with E-state index < -0.39 is 0 Å². The van der Waals surface area contributed by atoms with Gasteiger partial charge in [-0.3, -0.25) is 4.98 Å². The van der Waals surface area contributed by atoms with Gasteiger partial charge in [-0.05, 0) is 43.4 Å². The van der Waals surface area contributed by atoms with E-state index in [9.17, 15) is 0 Å². The van der Waals surface area contributed by atoms with Gasteiger partial charge in [0.05, 0.1) is 5.02 Å². The topological polar surface area (TPSA) is 24.9 Å². The van der Waals surface area contributed by atoms with Gasteiger partial charge in [-0.2, -0.15) is 0 Å². The summed E-state index contributed by atoms with van der Waals surface area (Å²) in [5.74, 6) is 0.655. The number of aromatic nitrogens is 1. The molecule has 1 rings (SSSR count). The molecule has 0 saturated carbocycles. The molecule has 1 heterocycles. The van der Waals surface area contributed by atoms with Crippen LogP contribution in [0.15, 0.2) is 18.5 Å². The molecule has 17 heavy (non-hydrogen) atoms. The van der Waals surface area contributed by atoms with Gasteiger partial charge in [-0.15, -0.1) is 0 Å². The number of pyridine rings is 1. The molecule has 96 valence electrons. The van der Waals surface area contributed by atoms with Gasteiger partial charge in [-0.1, -0.05) is 32.4 Å². The van der Waals surface area contributed by atoms with E-state index in [4.69, 9.17) is 11.6 Å². The summed E-state index contributed by atoms with van der Waals surface area (Å²) in [6.45, 7) is 7.82. The summed E-state index contributed by atoms with van der Waals surface area (Å²) in [6, 6.07) is 2.58. The van der Waals surface area contributed by atoms with Gasteiger partial charge in [0, 0.05) is 18.4 Å². The third-order valence-electron chi connectivity index (χ3n) is 3.04. The van der Waals surface area contributed by atoms with Crippen molar-refractivity contribution in [3.05, 3.63) is 29.0 Å². The Morgan fingerprint density at radius 3 is 2.76 bits per heavy atom. The van der Waals surface area contributed by atoms with Gasteiger partial charge in [-0.25, -0.2) is 0 Å². The quantitative estimate of drug-likeness (QED) is 0.803. The molecular formula is C14H23ClN2. The Morgan fingerprint density at radius 2 is 2.18 bits per heavy atom. The van der Waals surface area contributed by atoms with E-state index in [-0.39, 0.29) is 0 Å². The molecule has 1 atom stereocenters. The van der Waals surface area contributed by atoms with Crippen molar-refractivity contribution in [2.75, 3.05) is 6.54 Å². The van der Waals surface area contributed by atoms with Crippen molar-refractivity contribution in [3.63, 3.8) is 0 Å². The number of hydrogen-bond acceptors (Lipinski definition) is 2. The fraction of sp³-hybridized carbons (Fsp3) is 0.643. The van der Waals surface area contributed by atoms with Crippen LogP contribution in [0, 0.1) is 5.92 Å². The fourth-order valence-electron chi connectivity index (χ4n) is 1.92. The highest BCUT2D eigenvalue weighted by atomic mass is 35.5. The van der Waals surface area contributed by atoms with E-state index in [1.54, 1.807) is 6.20 Å².